The Bertz CT molecular complexity index is 866. The molecule has 0 aliphatic carbocycles. The summed E-state index contributed by atoms with van der Waals surface area (Å²) in [7, 11) is 3.11. The second kappa shape index (κ2) is 8.96. The molecule has 0 bridgehead atoms. The molecule has 6 nitrogen and oxygen atoms in total. The van der Waals surface area contributed by atoms with E-state index >= 15 is 0 Å². The fourth-order valence-electron chi connectivity index (χ4n) is 3.34. The van der Waals surface area contributed by atoms with E-state index in [1.807, 2.05) is 18.2 Å². The molecule has 1 fully saturated rings. The van der Waals surface area contributed by atoms with Crippen LogP contribution < -0.4 is 9.47 Å². The van der Waals surface area contributed by atoms with Gasteiger partial charge in [-0.25, -0.2) is 0 Å². The van der Waals surface area contributed by atoms with Gasteiger partial charge < -0.3 is 14.4 Å². The Kier molecular flexibility index (Phi) is 6.40. The first-order valence-corrected chi connectivity index (χ1v) is 9.35. The van der Waals surface area contributed by atoms with Crippen LogP contribution in [0.1, 0.15) is 22.0 Å². The van der Waals surface area contributed by atoms with E-state index < -0.39 is 0 Å². The van der Waals surface area contributed by atoms with Gasteiger partial charge in [0.1, 0.15) is 17.5 Å². The third-order valence-electron chi connectivity index (χ3n) is 4.85. The zero-order valence-corrected chi connectivity index (χ0v) is 16.6. The molecule has 2 aromatic carbocycles. The first-order chi connectivity index (χ1) is 13.5. The highest BCUT2D eigenvalue weighted by Crippen LogP contribution is 2.26. The summed E-state index contributed by atoms with van der Waals surface area (Å²) in [6.07, 6.45) is 0. The van der Waals surface area contributed by atoms with E-state index in [9.17, 15) is 10.1 Å². The summed E-state index contributed by atoms with van der Waals surface area (Å²) < 4.78 is 10.5. The lowest BCUT2D eigenvalue weighted by atomic mass is 10.1. The Balaban J connectivity index is 1.69. The van der Waals surface area contributed by atoms with Crippen molar-refractivity contribution in [1.82, 2.24) is 9.80 Å². The summed E-state index contributed by atoms with van der Waals surface area (Å²) >= 11 is 6.07. The number of nitrogens with zero attached hydrogens (tertiary/aromatic N) is 3. The van der Waals surface area contributed by atoms with Gasteiger partial charge in [-0.2, -0.15) is 5.26 Å². The largest absolute Gasteiger partial charge is 0.497 e. The van der Waals surface area contributed by atoms with Crippen LogP contribution in [0.4, 0.5) is 0 Å². The summed E-state index contributed by atoms with van der Waals surface area (Å²) in [6.45, 7) is 2.30. The number of nitriles is 1. The third kappa shape index (κ3) is 4.38. The number of carbonyl (C=O) groups is 1. The maximum atomic E-state index is 12.9. The van der Waals surface area contributed by atoms with Gasteiger partial charge in [-0.3, -0.25) is 9.69 Å². The maximum absolute atomic E-state index is 12.9. The van der Waals surface area contributed by atoms with Crippen LogP contribution in [0.15, 0.2) is 42.5 Å². The highest BCUT2D eigenvalue weighted by atomic mass is 35.5. The summed E-state index contributed by atoms with van der Waals surface area (Å²) in [5, 5.41) is 10.3. The normalized spacial score (nSPS) is 15.6. The number of carbonyl (C=O) groups excluding carboxylic acids is 1. The van der Waals surface area contributed by atoms with E-state index in [1.54, 1.807) is 43.4 Å². The molecule has 0 spiro atoms. The Hall–Kier alpha value is -2.75. The molecule has 0 aromatic heterocycles. The van der Waals surface area contributed by atoms with E-state index in [0.29, 0.717) is 48.3 Å². The maximum Gasteiger partial charge on any atom is 0.254 e. The molecule has 1 saturated heterocycles. The minimum absolute atomic E-state index is 0.0758. The SMILES string of the molecule is COc1cc(OC)cc(C(=O)N2CCN(C(C#N)c3cccc(Cl)c3)CC2)c1. The predicted molar refractivity (Wildman–Crippen MR) is 107 cm³/mol. The molecule has 1 amide bonds. The van der Waals surface area contributed by atoms with E-state index in [4.69, 9.17) is 21.1 Å². The Morgan fingerprint density at radius 1 is 1.07 bits per heavy atom. The minimum atomic E-state index is -0.382. The molecule has 1 aliphatic heterocycles. The van der Waals surface area contributed by atoms with Crippen molar-refractivity contribution in [2.75, 3.05) is 40.4 Å². The number of piperazine rings is 1. The number of ether oxygens (including phenoxy) is 2. The fourth-order valence-corrected chi connectivity index (χ4v) is 3.54. The topological polar surface area (TPSA) is 65.8 Å². The van der Waals surface area contributed by atoms with Crippen molar-refractivity contribution in [3.05, 3.63) is 58.6 Å². The van der Waals surface area contributed by atoms with Crippen LogP contribution in [0.25, 0.3) is 0 Å². The van der Waals surface area contributed by atoms with Crippen molar-refractivity contribution in [2.45, 2.75) is 6.04 Å². The van der Waals surface area contributed by atoms with Crippen LogP contribution in [-0.4, -0.2) is 56.1 Å². The minimum Gasteiger partial charge on any atom is -0.497 e. The molecule has 1 heterocycles. The van der Waals surface area contributed by atoms with Crippen molar-refractivity contribution < 1.29 is 14.3 Å². The van der Waals surface area contributed by atoms with Crippen molar-refractivity contribution in [3.8, 4) is 17.6 Å². The second-order valence-corrected chi connectivity index (χ2v) is 6.95. The summed E-state index contributed by atoms with van der Waals surface area (Å²) in [6, 6.07) is 14.5. The first kappa shape index (κ1) is 20.0. The predicted octanol–water partition coefficient (Wildman–Crippen LogP) is 3.38. The van der Waals surface area contributed by atoms with Gasteiger partial charge in [-0.05, 0) is 29.8 Å². The third-order valence-corrected chi connectivity index (χ3v) is 5.09. The summed E-state index contributed by atoms with van der Waals surface area (Å²) in [5.41, 5.74) is 1.39. The lowest BCUT2D eigenvalue weighted by Gasteiger charge is -2.37. The van der Waals surface area contributed by atoms with E-state index in [2.05, 4.69) is 11.0 Å². The van der Waals surface area contributed by atoms with Crippen molar-refractivity contribution in [3.63, 3.8) is 0 Å². The van der Waals surface area contributed by atoms with E-state index in [1.165, 1.54) is 0 Å². The number of amides is 1. The highest BCUT2D eigenvalue weighted by Gasteiger charge is 2.28. The van der Waals surface area contributed by atoms with Crippen molar-refractivity contribution >= 4 is 17.5 Å². The quantitative estimate of drug-likeness (QED) is 0.771. The van der Waals surface area contributed by atoms with Gasteiger partial charge in [-0.1, -0.05) is 23.7 Å². The average Bonchev–Trinajstić information content (AvgIpc) is 2.74. The molecule has 1 unspecified atom stereocenters. The molecular formula is C21H22ClN3O3. The van der Waals surface area contributed by atoms with Gasteiger partial charge in [0, 0.05) is 42.8 Å². The molecule has 0 saturated carbocycles. The van der Waals surface area contributed by atoms with Crippen LogP contribution in [0, 0.1) is 11.3 Å². The molecule has 0 radical (unpaired) electrons. The zero-order chi connectivity index (χ0) is 20.1. The number of hydrogen-bond acceptors (Lipinski definition) is 5. The van der Waals surface area contributed by atoms with Crippen LogP contribution in [0.3, 0.4) is 0 Å². The Labute approximate surface area is 169 Å². The number of rotatable bonds is 5. The average molecular weight is 400 g/mol. The van der Waals surface area contributed by atoms with Crippen LogP contribution in [0.5, 0.6) is 11.5 Å². The van der Waals surface area contributed by atoms with Crippen molar-refractivity contribution in [2.24, 2.45) is 0 Å². The highest BCUT2D eigenvalue weighted by molar-refractivity contribution is 6.30. The van der Waals surface area contributed by atoms with Gasteiger partial charge in [0.15, 0.2) is 0 Å². The van der Waals surface area contributed by atoms with Crippen LogP contribution in [0.2, 0.25) is 5.02 Å². The van der Waals surface area contributed by atoms with Crippen LogP contribution >= 0.6 is 11.6 Å². The Morgan fingerprint density at radius 2 is 1.71 bits per heavy atom. The van der Waals surface area contributed by atoms with E-state index in [-0.39, 0.29) is 11.9 Å². The number of methoxy groups -OCH3 is 2. The molecule has 146 valence electrons. The lowest BCUT2D eigenvalue weighted by molar-refractivity contribution is 0.0605. The molecule has 28 heavy (non-hydrogen) atoms. The van der Waals surface area contributed by atoms with Crippen LogP contribution in [-0.2, 0) is 0 Å². The van der Waals surface area contributed by atoms with Crippen molar-refractivity contribution in [1.29, 1.82) is 5.26 Å². The molecule has 0 N–H and O–H groups in total. The van der Waals surface area contributed by atoms with Gasteiger partial charge >= 0.3 is 0 Å². The van der Waals surface area contributed by atoms with Gasteiger partial charge in [0.25, 0.3) is 5.91 Å². The number of benzene rings is 2. The van der Waals surface area contributed by atoms with Gasteiger partial charge in [0.2, 0.25) is 0 Å². The molecule has 3 rings (SSSR count). The molecule has 2 aromatic rings. The van der Waals surface area contributed by atoms with Gasteiger partial charge in [0.05, 0.1) is 20.3 Å². The molecule has 1 atom stereocenters. The lowest BCUT2D eigenvalue weighted by Crippen LogP contribution is -2.49. The van der Waals surface area contributed by atoms with E-state index in [0.717, 1.165) is 5.56 Å². The standard InChI is InChI=1S/C21H22ClN3O3/c1-27-18-11-16(12-19(13-18)28-2)21(26)25-8-6-24(7-9-25)20(14-23)15-4-3-5-17(22)10-15/h3-5,10-13,20H,6-9H2,1-2H3. The molecular weight excluding hydrogens is 378 g/mol. The zero-order valence-electron chi connectivity index (χ0n) is 15.9. The Morgan fingerprint density at radius 3 is 2.25 bits per heavy atom. The summed E-state index contributed by atoms with van der Waals surface area (Å²) in [5.74, 6) is 1.08. The number of hydrogen-bond donors (Lipinski definition) is 0. The number of halogens is 1. The molecule has 1 aliphatic rings. The monoisotopic (exact) mass is 399 g/mol. The summed E-state index contributed by atoms with van der Waals surface area (Å²) in [4.78, 5) is 16.8. The molecule has 7 heteroatoms. The first-order valence-electron chi connectivity index (χ1n) is 8.97. The second-order valence-electron chi connectivity index (χ2n) is 6.52. The fraction of sp³-hybridized carbons (Fsp3) is 0.333. The smallest absolute Gasteiger partial charge is 0.254 e. The van der Waals surface area contributed by atoms with Gasteiger partial charge in [-0.15, -0.1) is 0 Å².